The first kappa shape index (κ1) is 16.7. The Kier molecular flexibility index (Phi) is 5.02. The Balaban J connectivity index is 1.63. The number of methoxy groups -OCH3 is 1. The Morgan fingerprint density at radius 1 is 1.29 bits per heavy atom. The highest BCUT2D eigenvalue weighted by Crippen LogP contribution is 2.48. The third kappa shape index (κ3) is 3.86. The molecule has 1 aliphatic carbocycles. The number of benzene rings is 1. The van der Waals surface area contributed by atoms with Crippen LogP contribution >= 0.6 is 11.6 Å². The van der Waals surface area contributed by atoms with E-state index in [1.54, 1.807) is 19.4 Å². The van der Waals surface area contributed by atoms with Crippen molar-refractivity contribution in [2.24, 2.45) is 5.92 Å². The van der Waals surface area contributed by atoms with Crippen LogP contribution in [-0.4, -0.2) is 24.2 Å². The summed E-state index contributed by atoms with van der Waals surface area (Å²) in [6, 6.07) is 10.7. The predicted molar refractivity (Wildman–Crippen MR) is 93.5 cm³/mol. The van der Waals surface area contributed by atoms with E-state index in [1.165, 1.54) is 10.6 Å². The Hall–Kier alpha value is -2.11. The number of nitrogens with one attached hydrogen (secondary N) is 1. The van der Waals surface area contributed by atoms with Crippen molar-refractivity contribution in [3.8, 4) is 0 Å². The van der Waals surface area contributed by atoms with Gasteiger partial charge in [0.05, 0.1) is 12.3 Å². The molecule has 6 heteroatoms. The fourth-order valence-corrected chi connectivity index (χ4v) is 2.89. The molecule has 5 nitrogen and oxygen atoms in total. The highest BCUT2D eigenvalue weighted by Gasteiger charge is 2.43. The molecule has 24 heavy (non-hydrogen) atoms. The van der Waals surface area contributed by atoms with Gasteiger partial charge in [-0.25, -0.2) is 0 Å². The molecule has 0 unspecified atom stereocenters. The smallest absolute Gasteiger partial charge is 0.250 e. The maximum atomic E-state index is 12.4. The van der Waals surface area contributed by atoms with E-state index in [-0.39, 0.29) is 23.3 Å². The molecule has 0 saturated heterocycles. The summed E-state index contributed by atoms with van der Waals surface area (Å²) >= 11 is 5.89. The molecule has 1 fully saturated rings. The molecule has 0 spiro atoms. The fourth-order valence-electron chi connectivity index (χ4n) is 2.77. The molecule has 0 aliphatic heterocycles. The molecule has 1 heterocycles. The Morgan fingerprint density at radius 3 is 2.75 bits per heavy atom. The van der Waals surface area contributed by atoms with E-state index in [2.05, 4.69) is 5.32 Å². The minimum absolute atomic E-state index is 0.0214. The Labute approximate surface area is 145 Å². The van der Waals surface area contributed by atoms with Crippen LogP contribution in [0.5, 0.6) is 0 Å². The number of nitrogens with zero attached hydrogens (tertiary/aromatic N) is 1. The van der Waals surface area contributed by atoms with Gasteiger partial charge in [-0.2, -0.15) is 0 Å². The van der Waals surface area contributed by atoms with E-state index >= 15 is 0 Å². The number of hydrogen-bond donors (Lipinski definition) is 1. The minimum Gasteiger partial charge on any atom is -0.383 e. The molecule has 2 aromatic rings. The van der Waals surface area contributed by atoms with Crippen LogP contribution in [-0.2, 0) is 16.1 Å². The zero-order valence-electron chi connectivity index (χ0n) is 13.4. The lowest BCUT2D eigenvalue weighted by molar-refractivity contribution is -0.117. The number of amides is 1. The summed E-state index contributed by atoms with van der Waals surface area (Å²) in [5.41, 5.74) is 1.64. The van der Waals surface area contributed by atoms with E-state index in [0.717, 1.165) is 12.0 Å². The van der Waals surface area contributed by atoms with Gasteiger partial charge in [0.1, 0.15) is 0 Å². The summed E-state index contributed by atoms with van der Waals surface area (Å²) in [7, 11) is 1.58. The first-order valence-electron chi connectivity index (χ1n) is 7.84. The van der Waals surface area contributed by atoms with Crippen molar-refractivity contribution in [2.75, 3.05) is 19.0 Å². The van der Waals surface area contributed by atoms with Gasteiger partial charge in [0, 0.05) is 36.9 Å². The second-order valence-electron chi connectivity index (χ2n) is 5.93. The van der Waals surface area contributed by atoms with Crippen LogP contribution in [0.3, 0.4) is 0 Å². The summed E-state index contributed by atoms with van der Waals surface area (Å²) in [4.78, 5) is 24.1. The molecular weight excluding hydrogens is 328 g/mol. The second-order valence-corrected chi connectivity index (χ2v) is 6.37. The molecule has 1 N–H and O–H groups in total. The largest absolute Gasteiger partial charge is 0.383 e. The number of halogens is 1. The van der Waals surface area contributed by atoms with Crippen molar-refractivity contribution in [2.45, 2.75) is 18.9 Å². The van der Waals surface area contributed by atoms with Gasteiger partial charge in [0.2, 0.25) is 5.91 Å². The predicted octanol–water partition coefficient (Wildman–Crippen LogP) is 2.89. The molecule has 1 amide bonds. The number of carbonyl (C=O) groups is 1. The van der Waals surface area contributed by atoms with Gasteiger partial charge >= 0.3 is 0 Å². The number of hydrogen-bond acceptors (Lipinski definition) is 3. The number of rotatable bonds is 6. The van der Waals surface area contributed by atoms with Gasteiger partial charge < -0.3 is 14.6 Å². The summed E-state index contributed by atoms with van der Waals surface area (Å²) in [6.45, 7) is 0.897. The molecule has 1 aromatic heterocycles. The molecule has 1 aliphatic rings. The standard InChI is InChI=1S/C18H19ClN2O3/c1-24-9-8-21-11-14(6-7-17(21)22)20-18(23)16-10-15(16)12-2-4-13(19)5-3-12/h2-7,11,15-16H,8-10H2,1H3,(H,20,23)/t15-,16-/m1/s1. The number of ether oxygens (including phenoxy) is 1. The molecule has 1 aromatic carbocycles. The average molecular weight is 347 g/mol. The van der Waals surface area contributed by atoms with Crippen LogP contribution in [0.4, 0.5) is 5.69 Å². The van der Waals surface area contributed by atoms with Gasteiger partial charge in [-0.1, -0.05) is 23.7 Å². The van der Waals surface area contributed by atoms with E-state index in [4.69, 9.17) is 16.3 Å². The van der Waals surface area contributed by atoms with Gasteiger partial charge in [-0.15, -0.1) is 0 Å². The highest BCUT2D eigenvalue weighted by molar-refractivity contribution is 6.30. The summed E-state index contributed by atoms with van der Waals surface area (Å²) < 4.78 is 6.52. The maximum Gasteiger partial charge on any atom is 0.250 e. The fraction of sp³-hybridized carbons (Fsp3) is 0.333. The summed E-state index contributed by atoms with van der Waals surface area (Å²) in [6.07, 6.45) is 2.48. The van der Waals surface area contributed by atoms with Gasteiger partial charge in [-0.05, 0) is 36.1 Å². The van der Waals surface area contributed by atoms with Crippen LogP contribution in [0.2, 0.25) is 5.02 Å². The lowest BCUT2D eigenvalue weighted by atomic mass is 10.1. The molecule has 0 radical (unpaired) electrons. The van der Waals surface area contributed by atoms with Gasteiger partial charge in [0.15, 0.2) is 0 Å². The van der Waals surface area contributed by atoms with E-state index < -0.39 is 0 Å². The highest BCUT2D eigenvalue weighted by atomic mass is 35.5. The minimum atomic E-state index is -0.115. The SMILES string of the molecule is COCCn1cc(NC(=O)[C@@H]2C[C@@H]2c2ccc(Cl)cc2)ccc1=O. The third-order valence-corrected chi connectivity index (χ3v) is 4.46. The van der Waals surface area contributed by atoms with Crippen LogP contribution in [0, 0.1) is 5.92 Å². The summed E-state index contributed by atoms with van der Waals surface area (Å²) in [5.74, 6) is 0.180. The zero-order chi connectivity index (χ0) is 17.1. The van der Waals surface area contributed by atoms with Crippen LogP contribution < -0.4 is 10.9 Å². The molecule has 1 saturated carbocycles. The maximum absolute atomic E-state index is 12.4. The molecule has 2 atom stereocenters. The quantitative estimate of drug-likeness (QED) is 0.874. The summed E-state index contributed by atoms with van der Waals surface area (Å²) in [5, 5.41) is 3.59. The lowest BCUT2D eigenvalue weighted by Gasteiger charge is -2.09. The first-order chi connectivity index (χ1) is 11.6. The number of anilines is 1. The van der Waals surface area contributed by atoms with Crippen molar-refractivity contribution in [3.05, 3.63) is 63.5 Å². The zero-order valence-corrected chi connectivity index (χ0v) is 14.1. The van der Waals surface area contributed by atoms with Crippen LogP contribution in [0.1, 0.15) is 17.9 Å². The molecular formula is C18H19ClN2O3. The first-order valence-corrected chi connectivity index (χ1v) is 8.22. The average Bonchev–Trinajstić information content (AvgIpc) is 3.37. The normalized spacial score (nSPS) is 19.1. The van der Waals surface area contributed by atoms with Crippen molar-refractivity contribution in [1.82, 2.24) is 4.57 Å². The van der Waals surface area contributed by atoms with Crippen molar-refractivity contribution >= 4 is 23.2 Å². The lowest BCUT2D eigenvalue weighted by Crippen LogP contribution is -2.22. The van der Waals surface area contributed by atoms with Crippen molar-refractivity contribution < 1.29 is 9.53 Å². The topological polar surface area (TPSA) is 60.3 Å². The van der Waals surface area contributed by atoms with Gasteiger partial charge in [-0.3, -0.25) is 9.59 Å². The Morgan fingerprint density at radius 2 is 2.04 bits per heavy atom. The van der Waals surface area contributed by atoms with Gasteiger partial charge in [0.25, 0.3) is 5.56 Å². The monoisotopic (exact) mass is 346 g/mol. The number of aromatic nitrogens is 1. The second kappa shape index (κ2) is 7.20. The molecule has 126 valence electrons. The van der Waals surface area contributed by atoms with Crippen molar-refractivity contribution in [3.63, 3.8) is 0 Å². The molecule has 0 bridgehead atoms. The van der Waals surface area contributed by atoms with Crippen molar-refractivity contribution in [1.29, 1.82) is 0 Å². The number of pyridine rings is 1. The third-order valence-electron chi connectivity index (χ3n) is 4.21. The van der Waals surface area contributed by atoms with E-state index in [9.17, 15) is 9.59 Å². The Bertz CT molecular complexity index is 786. The van der Waals surface area contributed by atoms with Crippen LogP contribution in [0.15, 0.2) is 47.4 Å². The number of carbonyl (C=O) groups excluding carboxylic acids is 1. The van der Waals surface area contributed by atoms with Crippen LogP contribution in [0.25, 0.3) is 0 Å². The molecule has 3 rings (SSSR count). The van der Waals surface area contributed by atoms with E-state index in [1.807, 2.05) is 24.3 Å². The van der Waals surface area contributed by atoms with E-state index in [0.29, 0.717) is 23.9 Å².